The minimum absolute atomic E-state index is 0.0464. The van der Waals surface area contributed by atoms with Crippen molar-refractivity contribution in [1.29, 1.82) is 0 Å². The van der Waals surface area contributed by atoms with Gasteiger partial charge in [0.25, 0.3) is 5.95 Å². The minimum Gasteiger partial charge on any atom is -0.481 e. The summed E-state index contributed by atoms with van der Waals surface area (Å²) in [5, 5.41) is 9.19. The number of allylic oxidation sites excluding steroid dienone is 5. The molecule has 0 spiro atoms. The monoisotopic (exact) mass is 150 g/mol. The molecule has 1 N–H and O–H groups in total. The Kier molecular flexibility index (Phi) is 2.55. The molecular weight excluding hydrogens is 140 g/mol. The maximum atomic E-state index is 9.19. The average Bonchev–Trinajstić information content (AvgIpc) is 2.52. The Morgan fingerprint density at radius 3 is 2.73 bits per heavy atom. The second-order valence-electron chi connectivity index (χ2n) is 2.08. The Balaban J connectivity index is 2.56. The predicted octanol–water partition coefficient (Wildman–Crippen LogP) is 2.08. The van der Waals surface area contributed by atoms with Crippen molar-refractivity contribution in [3.63, 3.8) is 0 Å². The highest BCUT2D eigenvalue weighted by Gasteiger charge is 2.01. The molecule has 0 aromatic heterocycles. The first-order chi connectivity index (χ1) is 5.34. The van der Waals surface area contributed by atoms with Gasteiger partial charge in [0.15, 0.2) is 0 Å². The van der Waals surface area contributed by atoms with E-state index in [1.165, 1.54) is 0 Å². The molecule has 0 fully saturated rings. The van der Waals surface area contributed by atoms with E-state index in [1.54, 1.807) is 18.2 Å². The Hall–Kier alpha value is -1.44. The maximum Gasteiger partial charge on any atom is 0.284 e. The van der Waals surface area contributed by atoms with E-state index in [0.29, 0.717) is 12.2 Å². The van der Waals surface area contributed by atoms with E-state index in [4.69, 9.17) is 4.74 Å². The highest BCUT2D eigenvalue weighted by Crippen LogP contribution is 2.11. The summed E-state index contributed by atoms with van der Waals surface area (Å²) >= 11 is 0. The fourth-order valence-corrected chi connectivity index (χ4v) is 0.738. The second kappa shape index (κ2) is 3.66. The van der Waals surface area contributed by atoms with Gasteiger partial charge in [-0.05, 0) is 12.2 Å². The van der Waals surface area contributed by atoms with Crippen molar-refractivity contribution in [2.45, 2.75) is 0 Å². The van der Waals surface area contributed by atoms with Crippen LogP contribution in [0.3, 0.4) is 0 Å². The molecule has 0 aromatic carbocycles. The fraction of sp³-hybridized carbons (Fsp3) is 0.111. The molecule has 0 heterocycles. The molecule has 0 aliphatic heterocycles. The average molecular weight is 150 g/mol. The van der Waals surface area contributed by atoms with E-state index in [0.717, 1.165) is 0 Å². The Labute approximate surface area is 65.8 Å². The molecule has 0 saturated heterocycles. The van der Waals surface area contributed by atoms with Crippen LogP contribution in [0.25, 0.3) is 0 Å². The van der Waals surface area contributed by atoms with Crippen LogP contribution in [0.1, 0.15) is 0 Å². The molecular formula is C9H10O2. The molecule has 0 saturated carbocycles. The molecule has 0 bridgehead atoms. The summed E-state index contributed by atoms with van der Waals surface area (Å²) < 4.78 is 4.89. The fourth-order valence-electron chi connectivity index (χ4n) is 0.738. The van der Waals surface area contributed by atoms with Crippen LogP contribution in [-0.2, 0) is 4.74 Å². The Morgan fingerprint density at radius 1 is 1.55 bits per heavy atom. The number of hydrogen-bond donors (Lipinski definition) is 1. The normalized spacial score (nSPS) is 13.6. The third-order valence-electron chi connectivity index (χ3n) is 1.25. The maximum absolute atomic E-state index is 9.19. The number of rotatable bonds is 3. The first-order valence-corrected chi connectivity index (χ1v) is 3.36. The lowest BCUT2D eigenvalue weighted by Crippen LogP contribution is -1.93. The van der Waals surface area contributed by atoms with Gasteiger partial charge in [-0.15, -0.1) is 0 Å². The summed E-state index contributed by atoms with van der Waals surface area (Å²) in [6.45, 7) is 3.79. The van der Waals surface area contributed by atoms with Crippen LogP contribution in [0.2, 0.25) is 0 Å². The topological polar surface area (TPSA) is 29.5 Å². The van der Waals surface area contributed by atoms with Crippen molar-refractivity contribution in [3.8, 4) is 0 Å². The largest absolute Gasteiger partial charge is 0.481 e. The number of aliphatic hydroxyl groups is 1. The first-order valence-electron chi connectivity index (χ1n) is 3.36. The van der Waals surface area contributed by atoms with Gasteiger partial charge < -0.3 is 9.84 Å². The van der Waals surface area contributed by atoms with Gasteiger partial charge in [-0.25, -0.2) is 0 Å². The summed E-state index contributed by atoms with van der Waals surface area (Å²) in [4.78, 5) is 0. The molecule has 2 nitrogen and oxygen atoms in total. The molecule has 0 aromatic rings. The van der Waals surface area contributed by atoms with Gasteiger partial charge in [-0.2, -0.15) is 0 Å². The van der Waals surface area contributed by atoms with Crippen LogP contribution < -0.4 is 0 Å². The molecule has 0 radical (unpaired) electrons. The van der Waals surface area contributed by atoms with Gasteiger partial charge >= 0.3 is 0 Å². The zero-order chi connectivity index (χ0) is 8.10. The minimum atomic E-state index is -0.0464. The summed E-state index contributed by atoms with van der Waals surface area (Å²) in [5.41, 5.74) is 0.701. The third kappa shape index (κ3) is 2.00. The SMILES string of the molecule is C=CCOC(O)=C1C=CC=C1. The van der Waals surface area contributed by atoms with Crippen LogP contribution in [0.5, 0.6) is 0 Å². The van der Waals surface area contributed by atoms with E-state index in [1.807, 2.05) is 12.2 Å². The van der Waals surface area contributed by atoms with Crippen LogP contribution in [0, 0.1) is 0 Å². The molecule has 0 amide bonds. The smallest absolute Gasteiger partial charge is 0.284 e. The van der Waals surface area contributed by atoms with Crippen molar-refractivity contribution in [1.82, 2.24) is 0 Å². The van der Waals surface area contributed by atoms with Gasteiger partial charge in [0, 0.05) is 0 Å². The molecule has 1 rings (SSSR count). The molecule has 1 aliphatic rings. The van der Waals surface area contributed by atoms with Gasteiger partial charge in [0.1, 0.15) is 6.61 Å². The van der Waals surface area contributed by atoms with Crippen LogP contribution in [-0.4, -0.2) is 11.7 Å². The van der Waals surface area contributed by atoms with Gasteiger partial charge in [-0.3, -0.25) is 0 Å². The van der Waals surface area contributed by atoms with Crippen molar-refractivity contribution >= 4 is 0 Å². The third-order valence-corrected chi connectivity index (χ3v) is 1.25. The summed E-state index contributed by atoms with van der Waals surface area (Å²) in [5.74, 6) is -0.0464. The quantitative estimate of drug-likeness (QED) is 0.493. The van der Waals surface area contributed by atoms with Crippen molar-refractivity contribution in [2.24, 2.45) is 0 Å². The molecule has 11 heavy (non-hydrogen) atoms. The highest BCUT2D eigenvalue weighted by atomic mass is 16.6. The number of aliphatic hydroxyl groups excluding tert-OH is 1. The van der Waals surface area contributed by atoms with Crippen LogP contribution in [0.4, 0.5) is 0 Å². The summed E-state index contributed by atoms with van der Waals surface area (Å²) in [7, 11) is 0. The Morgan fingerprint density at radius 2 is 2.18 bits per heavy atom. The lowest BCUT2D eigenvalue weighted by Gasteiger charge is -2.01. The van der Waals surface area contributed by atoms with Gasteiger partial charge in [-0.1, -0.05) is 24.8 Å². The molecule has 2 heteroatoms. The lowest BCUT2D eigenvalue weighted by molar-refractivity contribution is 0.110. The zero-order valence-corrected chi connectivity index (χ0v) is 6.16. The number of ether oxygens (including phenoxy) is 1. The highest BCUT2D eigenvalue weighted by molar-refractivity contribution is 5.40. The van der Waals surface area contributed by atoms with Crippen molar-refractivity contribution in [3.05, 3.63) is 48.5 Å². The van der Waals surface area contributed by atoms with E-state index >= 15 is 0 Å². The zero-order valence-electron chi connectivity index (χ0n) is 6.16. The second-order valence-corrected chi connectivity index (χ2v) is 2.08. The van der Waals surface area contributed by atoms with Crippen LogP contribution in [0.15, 0.2) is 48.5 Å². The summed E-state index contributed by atoms with van der Waals surface area (Å²) in [6, 6.07) is 0. The first kappa shape index (κ1) is 7.66. The molecule has 58 valence electrons. The summed E-state index contributed by atoms with van der Waals surface area (Å²) in [6.07, 6.45) is 8.81. The van der Waals surface area contributed by atoms with Crippen molar-refractivity contribution in [2.75, 3.05) is 6.61 Å². The van der Waals surface area contributed by atoms with Crippen LogP contribution >= 0.6 is 0 Å². The Bertz CT molecular complexity index is 220. The molecule has 0 unspecified atom stereocenters. The van der Waals surface area contributed by atoms with Crippen molar-refractivity contribution < 1.29 is 9.84 Å². The van der Waals surface area contributed by atoms with E-state index < -0.39 is 0 Å². The van der Waals surface area contributed by atoms with E-state index in [2.05, 4.69) is 6.58 Å². The number of hydrogen-bond acceptors (Lipinski definition) is 2. The standard InChI is InChI=1S/C9H10O2/c1-2-7-11-9(10)8-5-3-4-6-8/h2-6,10H,1,7H2. The molecule has 1 aliphatic carbocycles. The van der Waals surface area contributed by atoms with E-state index in [9.17, 15) is 5.11 Å². The van der Waals surface area contributed by atoms with Gasteiger partial charge in [0.2, 0.25) is 0 Å². The predicted molar refractivity (Wildman–Crippen MR) is 44.1 cm³/mol. The lowest BCUT2D eigenvalue weighted by atomic mass is 10.3. The molecule has 0 atom stereocenters. The van der Waals surface area contributed by atoms with Gasteiger partial charge in [0.05, 0.1) is 5.57 Å². The van der Waals surface area contributed by atoms with E-state index in [-0.39, 0.29) is 5.95 Å².